The van der Waals surface area contributed by atoms with Crippen LogP contribution in [0.2, 0.25) is 0 Å². The molecule has 0 aliphatic rings. The molecule has 0 bridgehead atoms. The lowest BCUT2D eigenvalue weighted by molar-refractivity contribution is 0.236. The predicted octanol–water partition coefficient (Wildman–Crippen LogP) is 3.54. The zero-order chi connectivity index (χ0) is 18.9. The first kappa shape index (κ1) is 19.6. The van der Waals surface area contributed by atoms with E-state index in [9.17, 15) is 4.79 Å². The smallest absolute Gasteiger partial charge is 0.314 e. The van der Waals surface area contributed by atoms with Crippen LogP contribution in [0, 0.1) is 20.8 Å². The van der Waals surface area contributed by atoms with Crippen molar-refractivity contribution in [3.63, 3.8) is 0 Å². The minimum atomic E-state index is -0.186. The van der Waals surface area contributed by atoms with Crippen molar-refractivity contribution in [3.05, 3.63) is 58.7 Å². The van der Waals surface area contributed by atoms with Gasteiger partial charge in [-0.1, -0.05) is 29.8 Å². The largest absolute Gasteiger partial charge is 0.497 e. The van der Waals surface area contributed by atoms with Crippen molar-refractivity contribution in [2.45, 2.75) is 27.2 Å². The number of rotatable bonds is 8. The molecular formula is C21H28N2O3. The molecule has 0 heterocycles. The zero-order valence-electron chi connectivity index (χ0n) is 16.0. The summed E-state index contributed by atoms with van der Waals surface area (Å²) in [5.74, 6) is 1.72. The standard InChI is InChI=1S/C21H28N2O3/c1-15-12-16(2)20(17(3)13-15)26-11-10-23-21(24)22-9-8-18-6-5-7-19(14-18)25-4/h5-7,12-14H,8-11H2,1-4H3,(H2,22,23,24). The van der Waals surface area contributed by atoms with Gasteiger partial charge in [0.15, 0.2) is 0 Å². The summed E-state index contributed by atoms with van der Waals surface area (Å²) in [5.41, 5.74) is 4.58. The molecule has 2 N–H and O–H groups in total. The van der Waals surface area contributed by atoms with E-state index < -0.39 is 0 Å². The van der Waals surface area contributed by atoms with Gasteiger partial charge in [0.05, 0.1) is 13.7 Å². The van der Waals surface area contributed by atoms with Gasteiger partial charge in [0.25, 0.3) is 0 Å². The van der Waals surface area contributed by atoms with Crippen molar-refractivity contribution in [3.8, 4) is 11.5 Å². The zero-order valence-corrected chi connectivity index (χ0v) is 16.0. The molecule has 0 aromatic heterocycles. The molecule has 0 saturated carbocycles. The number of carbonyl (C=O) groups excluding carboxylic acids is 1. The summed E-state index contributed by atoms with van der Waals surface area (Å²) in [7, 11) is 1.65. The molecule has 0 spiro atoms. The maximum Gasteiger partial charge on any atom is 0.314 e. The lowest BCUT2D eigenvalue weighted by Crippen LogP contribution is -2.38. The molecule has 0 saturated heterocycles. The maximum atomic E-state index is 11.8. The van der Waals surface area contributed by atoms with Crippen LogP contribution in [0.25, 0.3) is 0 Å². The lowest BCUT2D eigenvalue weighted by atomic mass is 10.1. The molecule has 5 heteroatoms. The fraction of sp³-hybridized carbons (Fsp3) is 0.381. The van der Waals surface area contributed by atoms with Crippen molar-refractivity contribution < 1.29 is 14.3 Å². The Hall–Kier alpha value is -2.69. The van der Waals surface area contributed by atoms with E-state index in [0.717, 1.165) is 34.6 Å². The Balaban J connectivity index is 1.66. The number of methoxy groups -OCH3 is 1. The van der Waals surface area contributed by atoms with Crippen LogP contribution < -0.4 is 20.1 Å². The van der Waals surface area contributed by atoms with Gasteiger partial charge in [0.2, 0.25) is 0 Å². The quantitative estimate of drug-likeness (QED) is 0.711. The highest BCUT2D eigenvalue weighted by Crippen LogP contribution is 2.24. The Morgan fingerprint density at radius 3 is 2.38 bits per heavy atom. The average molecular weight is 356 g/mol. The predicted molar refractivity (Wildman–Crippen MR) is 104 cm³/mol. The minimum absolute atomic E-state index is 0.186. The van der Waals surface area contributed by atoms with E-state index in [1.807, 2.05) is 38.1 Å². The number of carbonyl (C=O) groups is 1. The topological polar surface area (TPSA) is 59.6 Å². The summed E-state index contributed by atoms with van der Waals surface area (Å²) >= 11 is 0. The highest BCUT2D eigenvalue weighted by atomic mass is 16.5. The van der Waals surface area contributed by atoms with E-state index in [4.69, 9.17) is 9.47 Å². The Morgan fingerprint density at radius 2 is 1.69 bits per heavy atom. The van der Waals surface area contributed by atoms with Crippen LogP contribution in [-0.4, -0.2) is 32.8 Å². The van der Waals surface area contributed by atoms with Gasteiger partial charge in [0.1, 0.15) is 18.1 Å². The number of benzene rings is 2. The summed E-state index contributed by atoms with van der Waals surface area (Å²) < 4.78 is 11.0. The van der Waals surface area contributed by atoms with Gasteiger partial charge in [0, 0.05) is 6.54 Å². The van der Waals surface area contributed by atoms with Crippen molar-refractivity contribution in [2.75, 3.05) is 26.8 Å². The minimum Gasteiger partial charge on any atom is -0.497 e. The molecule has 140 valence electrons. The van der Waals surface area contributed by atoms with Crippen molar-refractivity contribution in [2.24, 2.45) is 0 Å². The third-order valence-electron chi connectivity index (χ3n) is 4.07. The lowest BCUT2D eigenvalue weighted by Gasteiger charge is -2.14. The van der Waals surface area contributed by atoms with Gasteiger partial charge in [-0.15, -0.1) is 0 Å². The first-order valence-corrected chi connectivity index (χ1v) is 8.85. The third-order valence-corrected chi connectivity index (χ3v) is 4.07. The van der Waals surface area contributed by atoms with Gasteiger partial charge in [-0.2, -0.15) is 0 Å². The molecule has 0 fully saturated rings. The van der Waals surface area contributed by atoms with Gasteiger partial charge in [-0.05, 0) is 56.0 Å². The molecule has 5 nitrogen and oxygen atoms in total. The monoisotopic (exact) mass is 356 g/mol. The second-order valence-electron chi connectivity index (χ2n) is 6.36. The van der Waals surface area contributed by atoms with E-state index in [1.165, 1.54) is 5.56 Å². The molecule has 26 heavy (non-hydrogen) atoms. The summed E-state index contributed by atoms with van der Waals surface area (Å²) in [6.45, 7) is 7.60. The molecular weight excluding hydrogens is 328 g/mol. The van der Waals surface area contributed by atoms with Crippen LogP contribution in [-0.2, 0) is 6.42 Å². The van der Waals surface area contributed by atoms with Crippen molar-refractivity contribution >= 4 is 6.03 Å². The van der Waals surface area contributed by atoms with Crippen LogP contribution in [0.1, 0.15) is 22.3 Å². The summed E-state index contributed by atoms with van der Waals surface area (Å²) in [4.78, 5) is 11.8. The highest BCUT2D eigenvalue weighted by molar-refractivity contribution is 5.73. The average Bonchev–Trinajstić information content (AvgIpc) is 2.60. The molecule has 0 atom stereocenters. The van der Waals surface area contributed by atoms with E-state index in [2.05, 4.69) is 29.7 Å². The van der Waals surface area contributed by atoms with E-state index in [-0.39, 0.29) is 6.03 Å². The maximum absolute atomic E-state index is 11.8. The van der Waals surface area contributed by atoms with Crippen LogP contribution in [0.15, 0.2) is 36.4 Å². The van der Waals surface area contributed by atoms with Crippen LogP contribution in [0.5, 0.6) is 11.5 Å². The summed E-state index contributed by atoms with van der Waals surface area (Å²) in [6.07, 6.45) is 0.753. The first-order valence-electron chi connectivity index (χ1n) is 8.85. The van der Waals surface area contributed by atoms with Crippen LogP contribution in [0.3, 0.4) is 0 Å². The number of amides is 2. The fourth-order valence-corrected chi connectivity index (χ4v) is 2.92. The Morgan fingerprint density at radius 1 is 1.00 bits per heavy atom. The number of nitrogens with one attached hydrogen (secondary N) is 2. The number of hydrogen-bond acceptors (Lipinski definition) is 3. The normalized spacial score (nSPS) is 10.3. The SMILES string of the molecule is COc1cccc(CCNC(=O)NCCOc2c(C)cc(C)cc2C)c1. The number of hydrogen-bond donors (Lipinski definition) is 2. The molecule has 0 aliphatic heterocycles. The van der Waals surface area contributed by atoms with Crippen LogP contribution in [0.4, 0.5) is 4.79 Å². The fourth-order valence-electron chi connectivity index (χ4n) is 2.92. The van der Waals surface area contributed by atoms with Crippen LogP contribution >= 0.6 is 0 Å². The number of urea groups is 1. The van der Waals surface area contributed by atoms with Gasteiger partial charge < -0.3 is 20.1 Å². The molecule has 0 unspecified atom stereocenters. The molecule has 2 aromatic carbocycles. The molecule has 2 aromatic rings. The van der Waals surface area contributed by atoms with E-state index in [1.54, 1.807) is 7.11 Å². The number of aryl methyl sites for hydroxylation is 3. The summed E-state index contributed by atoms with van der Waals surface area (Å²) in [5, 5.41) is 5.66. The van der Waals surface area contributed by atoms with Gasteiger partial charge >= 0.3 is 6.03 Å². The van der Waals surface area contributed by atoms with Crippen molar-refractivity contribution in [1.29, 1.82) is 0 Å². The Bertz CT molecular complexity index is 721. The molecule has 0 radical (unpaired) electrons. The first-order chi connectivity index (χ1) is 12.5. The summed E-state index contributed by atoms with van der Waals surface area (Å²) in [6, 6.07) is 11.8. The second kappa shape index (κ2) is 9.70. The molecule has 2 rings (SSSR count). The van der Waals surface area contributed by atoms with Gasteiger partial charge in [-0.3, -0.25) is 0 Å². The number of ether oxygens (including phenoxy) is 2. The van der Waals surface area contributed by atoms with Gasteiger partial charge in [-0.25, -0.2) is 4.79 Å². The molecule has 2 amide bonds. The second-order valence-corrected chi connectivity index (χ2v) is 6.36. The Kier molecular flexibility index (Phi) is 7.33. The van der Waals surface area contributed by atoms with E-state index in [0.29, 0.717) is 19.7 Å². The van der Waals surface area contributed by atoms with E-state index >= 15 is 0 Å². The highest BCUT2D eigenvalue weighted by Gasteiger charge is 2.05. The molecule has 0 aliphatic carbocycles. The third kappa shape index (κ3) is 5.99. The Labute approximate surface area is 155 Å². The van der Waals surface area contributed by atoms with Crippen molar-refractivity contribution in [1.82, 2.24) is 10.6 Å².